The van der Waals surface area contributed by atoms with Gasteiger partial charge in [0.1, 0.15) is 28.7 Å². The van der Waals surface area contributed by atoms with E-state index >= 15 is 0 Å². The Labute approximate surface area is 124 Å². The van der Waals surface area contributed by atoms with Gasteiger partial charge in [-0.25, -0.2) is 4.39 Å². The number of hydrogen-bond acceptors (Lipinski definition) is 5. The van der Waals surface area contributed by atoms with Gasteiger partial charge in [-0.1, -0.05) is 6.07 Å². The number of aromatic nitrogens is 1. The van der Waals surface area contributed by atoms with Crippen LogP contribution in [0.3, 0.4) is 0 Å². The summed E-state index contributed by atoms with van der Waals surface area (Å²) in [6.45, 7) is 0.450. The van der Waals surface area contributed by atoms with Gasteiger partial charge in [0.05, 0.1) is 24.8 Å². The molecule has 1 aromatic heterocycles. The maximum atomic E-state index is 13.1. The number of thiazole rings is 1. The van der Waals surface area contributed by atoms with Gasteiger partial charge in [0.15, 0.2) is 0 Å². The molecule has 0 spiro atoms. The number of nitrogens with zero attached hydrogens (tertiary/aromatic N) is 2. The highest BCUT2D eigenvalue weighted by Gasteiger charge is 2.36. The van der Waals surface area contributed by atoms with Crippen LogP contribution < -0.4 is 4.74 Å². The van der Waals surface area contributed by atoms with Gasteiger partial charge in [-0.05, 0) is 12.1 Å². The minimum absolute atomic E-state index is 0.179. The lowest BCUT2D eigenvalue weighted by Crippen LogP contribution is -2.31. The van der Waals surface area contributed by atoms with E-state index in [1.54, 1.807) is 11.6 Å². The Bertz CT molecular complexity index is 635. The van der Waals surface area contributed by atoms with Gasteiger partial charge in [-0.2, -0.15) is 0 Å². The van der Waals surface area contributed by atoms with Crippen molar-refractivity contribution < 1.29 is 19.0 Å². The second-order valence-corrected chi connectivity index (χ2v) is 5.64. The summed E-state index contributed by atoms with van der Waals surface area (Å²) >= 11 is 1.25. The summed E-state index contributed by atoms with van der Waals surface area (Å²) in [5, 5.41) is 10.0. The zero-order valence-corrected chi connectivity index (χ0v) is 11.8. The number of carbonyl (C=O) groups excluding carboxylic acids is 1. The lowest BCUT2D eigenvalue weighted by atomic mass is 10.2. The average molecular weight is 308 g/mol. The molecule has 7 heteroatoms. The van der Waals surface area contributed by atoms with E-state index in [1.807, 2.05) is 0 Å². The third-order valence-electron chi connectivity index (χ3n) is 3.25. The van der Waals surface area contributed by atoms with Crippen LogP contribution in [0.2, 0.25) is 0 Å². The first-order valence-corrected chi connectivity index (χ1v) is 7.29. The van der Waals surface area contributed by atoms with Crippen LogP contribution in [-0.2, 0) is 0 Å². The summed E-state index contributed by atoms with van der Waals surface area (Å²) in [7, 11) is 0. The van der Waals surface area contributed by atoms with Gasteiger partial charge >= 0.3 is 0 Å². The molecule has 1 fully saturated rings. The average Bonchev–Trinajstić information content (AvgIpc) is 3.09. The second-order valence-electron chi connectivity index (χ2n) is 4.76. The third kappa shape index (κ3) is 3.03. The molecule has 0 bridgehead atoms. The van der Waals surface area contributed by atoms with Crippen LogP contribution in [0.4, 0.5) is 4.39 Å². The van der Waals surface area contributed by atoms with Crippen molar-refractivity contribution >= 4 is 17.2 Å². The summed E-state index contributed by atoms with van der Waals surface area (Å²) in [5.74, 6) is -0.245. The summed E-state index contributed by atoms with van der Waals surface area (Å²) in [4.78, 5) is 18.1. The van der Waals surface area contributed by atoms with E-state index in [2.05, 4.69) is 4.98 Å². The lowest BCUT2D eigenvalue weighted by Gasteiger charge is -2.16. The second kappa shape index (κ2) is 5.79. The first-order valence-electron chi connectivity index (χ1n) is 6.41. The maximum Gasteiger partial charge on any atom is 0.265 e. The van der Waals surface area contributed by atoms with E-state index in [4.69, 9.17) is 4.74 Å². The molecule has 110 valence electrons. The zero-order chi connectivity index (χ0) is 14.8. The minimum Gasteiger partial charge on any atom is -0.486 e. The lowest BCUT2D eigenvalue weighted by molar-refractivity contribution is 0.0728. The number of rotatable bonds is 3. The smallest absolute Gasteiger partial charge is 0.265 e. The fourth-order valence-electron chi connectivity index (χ4n) is 2.23. The molecule has 1 aliphatic heterocycles. The number of ether oxygens (including phenoxy) is 1. The van der Waals surface area contributed by atoms with Crippen molar-refractivity contribution in [3.63, 3.8) is 0 Å². The minimum atomic E-state index is -0.801. The molecule has 21 heavy (non-hydrogen) atoms. The molecule has 1 amide bonds. The van der Waals surface area contributed by atoms with Crippen molar-refractivity contribution in [2.75, 3.05) is 13.1 Å². The Balaban J connectivity index is 1.67. The number of likely N-dealkylation sites (tertiary alicyclic amines) is 1. The van der Waals surface area contributed by atoms with Crippen molar-refractivity contribution in [2.24, 2.45) is 0 Å². The molecular weight excluding hydrogens is 295 g/mol. The highest BCUT2D eigenvalue weighted by molar-refractivity contribution is 7.11. The molecule has 0 aliphatic carbocycles. The van der Waals surface area contributed by atoms with E-state index in [0.717, 1.165) is 0 Å². The normalized spacial score (nSPS) is 21.5. The molecule has 1 aliphatic rings. The third-order valence-corrected chi connectivity index (χ3v) is 4.01. The number of β-amino-alcohol motifs (C(OH)–C–C–N with tert-alkyl or cyclic N) is 1. The predicted molar refractivity (Wildman–Crippen MR) is 74.8 cm³/mol. The first-order chi connectivity index (χ1) is 10.1. The van der Waals surface area contributed by atoms with Crippen LogP contribution in [0.25, 0.3) is 0 Å². The molecule has 5 nitrogen and oxygen atoms in total. The number of benzene rings is 1. The molecule has 0 saturated carbocycles. The van der Waals surface area contributed by atoms with Gasteiger partial charge < -0.3 is 14.7 Å². The Morgan fingerprint density at radius 1 is 1.48 bits per heavy atom. The number of carbonyl (C=O) groups is 1. The monoisotopic (exact) mass is 308 g/mol. The molecular formula is C14H13FN2O3S. The topological polar surface area (TPSA) is 62.7 Å². The quantitative estimate of drug-likeness (QED) is 0.934. The van der Waals surface area contributed by atoms with Crippen molar-refractivity contribution in [1.82, 2.24) is 9.88 Å². The van der Waals surface area contributed by atoms with Crippen LogP contribution in [0.1, 0.15) is 9.67 Å². The number of halogens is 1. The Morgan fingerprint density at radius 2 is 2.33 bits per heavy atom. The zero-order valence-electron chi connectivity index (χ0n) is 11.0. The van der Waals surface area contributed by atoms with E-state index in [1.165, 1.54) is 40.6 Å². The Hall–Kier alpha value is -1.99. The molecule has 1 aromatic carbocycles. The van der Waals surface area contributed by atoms with Gasteiger partial charge in [0.25, 0.3) is 5.91 Å². The van der Waals surface area contributed by atoms with E-state index in [9.17, 15) is 14.3 Å². The van der Waals surface area contributed by atoms with Crippen LogP contribution in [0, 0.1) is 5.82 Å². The fraction of sp³-hybridized carbons (Fsp3) is 0.286. The molecule has 3 rings (SSSR count). The van der Waals surface area contributed by atoms with E-state index in [-0.39, 0.29) is 19.0 Å². The van der Waals surface area contributed by atoms with Gasteiger partial charge in [-0.15, -0.1) is 11.3 Å². The van der Waals surface area contributed by atoms with Crippen LogP contribution >= 0.6 is 11.3 Å². The molecule has 0 radical (unpaired) electrons. The van der Waals surface area contributed by atoms with Gasteiger partial charge in [0.2, 0.25) is 0 Å². The maximum absolute atomic E-state index is 13.1. The first kappa shape index (κ1) is 14.0. The van der Waals surface area contributed by atoms with E-state index < -0.39 is 18.0 Å². The standard InChI is InChI=1S/C14H13FN2O3S/c15-9-2-1-3-10(4-9)20-12-7-17(6-11(12)18)14(19)13-5-16-8-21-13/h1-5,8,11-12,18H,6-7H2/t11-,12-/m1/s1. The number of aliphatic hydroxyl groups is 1. The summed E-state index contributed by atoms with van der Waals surface area (Å²) in [6.07, 6.45) is 0.133. The van der Waals surface area contributed by atoms with Crippen molar-refractivity contribution in [1.29, 1.82) is 0 Å². The number of hydrogen-bond donors (Lipinski definition) is 1. The summed E-state index contributed by atoms with van der Waals surface area (Å²) in [6, 6.07) is 5.72. The molecule has 1 N–H and O–H groups in total. The molecule has 2 heterocycles. The van der Waals surface area contributed by atoms with Crippen molar-refractivity contribution in [3.05, 3.63) is 46.7 Å². The van der Waals surface area contributed by atoms with Crippen molar-refractivity contribution in [2.45, 2.75) is 12.2 Å². The molecule has 1 saturated heterocycles. The van der Waals surface area contributed by atoms with Crippen LogP contribution in [0.5, 0.6) is 5.75 Å². The van der Waals surface area contributed by atoms with Crippen LogP contribution in [-0.4, -0.2) is 46.2 Å². The Morgan fingerprint density at radius 3 is 3.05 bits per heavy atom. The highest BCUT2D eigenvalue weighted by atomic mass is 32.1. The fourth-order valence-corrected chi connectivity index (χ4v) is 2.82. The summed E-state index contributed by atoms with van der Waals surface area (Å²) in [5.41, 5.74) is 1.58. The van der Waals surface area contributed by atoms with Crippen LogP contribution in [0.15, 0.2) is 36.0 Å². The number of amides is 1. The van der Waals surface area contributed by atoms with Crippen molar-refractivity contribution in [3.8, 4) is 5.75 Å². The molecule has 0 unspecified atom stereocenters. The number of aliphatic hydroxyl groups excluding tert-OH is 1. The summed E-state index contributed by atoms with van der Waals surface area (Å²) < 4.78 is 18.7. The molecule has 2 aromatic rings. The van der Waals surface area contributed by atoms with Gasteiger partial charge in [0, 0.05) is 6.07 Å². The van der Waals surface area contributed by atoms with E-state index in [0.29, 0.717) is 10.6 Å². The highest BCUT2D eigenvalue weighted by Crippen LogP contribution is 2.21. The predicted octanol–water partition coefficient (Wildman–Crippen LogP) is 1.55. The molecule has 2 atom stereocenters. The van der Waals surface area contributed by atoms with Gasteiger partial charge in [-0.3, -0.25) is 9.78 Å². The SMILES string of the molecule is O=C(c1cncs1)N1C[C@@H](O)[C@H](Oc2cccc(F)c2)C1. The largest absolute Gasteiger partial charge is 0.486 e. The Kier molecular flexibility index (Phi) is 3.85.